The highest BCUT2D eigenvalue weighted by Gasteiger charge is 2.26. The maximum Gasteiger partial charge on any atom is 0.305 e. The first-order valence-corrected chi connectivity index (χ1v) is 9.24. The number of hydrogen-bond acceptors (Lipinski definition) is 6. The van der Waals surface area contributed by atoms with Crippen LogP contribution in [0.2, 0.25) is 0 Å². The number of hydrazine groups is 1. The molecule has 2 aromatic rings. The minimum absolute atomic E-state index is 0.0530. The minimum atomic E-state index is -3.62. The van der Waals surface area contributed by atoms with Crippen molar-refractivity contribution >= 4 is 21.8 Å². The number of hydrogen-bond donors (Lipinski definition) is 2. The average molecular weight is 379 g/mol. The number of rotatable bonds is 4. The van der Waals surface area contributed by atoms with E-state index in [1.807, 2.05) is 0 Å². The second-order valence-electron chi connectivity index (χ2n) is 5.43. The predicted octanol–water partition coefficient (Wildman–Crippen LogP) is 0.375. The lowest BCUT2D eigenvalue weighted by atomic mass is 10.2. The van der Waals surface area contributed by atoms with Crippen LogP contribution in [0.4, 0.5) is 0 Å². The summed E-state index contributed by atoms with van der Waals surface area (Å²) in [6.07, 6.45) is 1.34. The second-order valence-corrected chi connectivity index (χ2v) is 7.36. The van der Waals surface area contributed by atoms with Crippen LogP contribution >= 0.6 is 0 Å². The largest absolute Gasteiger partial charge is 0.459 e. The highest BCUT2D eigenvalue weighted by atomic mass is 32.2. The van der Waals surface area contributed by atoms with Gasteiger partial charge >= 0.3 is 5.91 Å². The lowest BCUT2D eigenvalue weighted by molar-refractivity contribution is 0.0730. The number of carbonyl (C=O) groups is 2. The van der Waals surface area contributed by atoms with E-state index in [1.165, 1.54) is 40.9 Å². The number of furan rings is 1. The first-order valence-electron chi connectivity index (χ1n) is 7.80. The smallest absolute Gasteiger partial charge is 0.305 e. The van der Waals surface area contributed by atoms with E-state index in [4.69, 9.17) is 9.15 Å². The number of morpholine rings is 1. The molecular formula is C16H17N3O6S. The van der Waals surface area contributed by atoms with E-state index < -0.39 is 21.8 Å². The van der Waals surface area contributed by atoms with Crippen LogP contribution in [0.5, 0.6) is 0 Å². The zero-order chi connectivity index (χ0) is 18.6. The summed E-state index contributed by atoms with van der Waals surface area (Å²) < 4.78 is 36.4. The molecule has 1 aromatic carbocycles. The lowest BCUT2D eigenvalue weighted by Crippen LogP contribution is -2.41. The normalized spacial score (nSPS) is 15.4. The maximum atomic E-state index is 12.5. The van der Waals surface area contributed by atoms with Crippen LogP contribution < -0.4 is 10.9 Å². The van der Waals surface area contributed by atoms with Crippen LogP contribution in [-0.4, -0.2) is 50.8 Å². The number of nitrogens with zero attached hydrogens (tertiary/aromatic N) is 1. The number of sulfonamides is 1. The fraction of sp³-hybridized carbons (Fsp3) is 0.250. The second kappa shape index (κ2) is 7.68. The van der Waals surface area contributed by atoms with Crippen molar-refractivity contribution in [3.8, 4) is 0 Å². The molecule has 0 bridgehead atoms. The quantitative estimate of drug-likeness (QED) is 0.742. The van der Waals surface area contributed by atoms with Gasteiger partial charge in [-0.05, 0) is 36.4 Å². The molecule has 3 rings (SSSR count). The third kappa shape index (κ3) is 3.93. The Hall–Kier alpha value is -2.69. The molecule has 1 aromatic heterocycles. The molecule has 1 aliphatic rings. The molecule has 0 aliphatic carbocycles. The van der Waals surface area contributed by atoms with E-state index in [9.17, 15) is 18.0 Å². The monoisotopic (exact) mass is 379 g/mol. The Bertz CT molecular complexity index is 871. The van der Waals surface area contributed by atoms with Crippen LogP contribution in [-0.2, 0) is 14.8 Å². The van der Waals surface area contributed by atoms with Crippen LogP contribution in [0.3, 0.4) is 0 Å². The van der Waals surface area contributed by atoms with Gasteiger partial charge in [0.15, 0.2) is 5.76 Å². The van der Waals surface area contributed by atoms with Crippen molar-refractivity contribution in [1.29, 1.82) is 0 Å². The van der Waals surface area contributed by atoms with Gasteiger partial charge in [-0.1, -0.05) is 0 Å². The van der Waals surface area contributed by atoms with Crippen molar-refractivity contribution in [2.45, 2.75) is 4.90 Å². The van der Waals surface area contributed by atoms with Gasteiger partial charge in [-0.2, -0.15) is 4.31 Å². The molecule has 26 heavy (non-hydrogen) atoms. The van der Waals surface area contributed by atoms with Gasteiger partial charge in [0.25, 0.3) is 5.91 Å². The van der Waals surface area contributed by atoms with Crippen molar-refractivity contribution in [2.75, 3.05) is 26.3 Å². The van der Waals surface area contributed by atoms with Gasteiger partial charge in [0.1, 0.15) is 0 Å². The summed E-state index contributed by atoms with van der Waals surface area (Å²) in [6, 6.07) is 8.46. The Morgan fingerprint density at radius 1 is 0.962 bits per heavy atom. The standard InChI is InChI=1S/C16H17N3O6S/c20-15(17-18-16(21)14-2-1-9-25-14)12-3-5-13(6-4-12)26(22,23)19-7-10-24-11-8-19/h1-6,9H,7-8,10-11H2,(H,17,20)(H,18,21). The number of carbonyl (C=O) groups excluding carboxylic acids is 2. The first-order chi connectivity index (χ1) is 12.5. The van der Waals surface area contributed by atoms with Gasteiger partial charge in [0, 0.05) is 18.7 Å². The van der Waals surface area contributed by atoms with Crippen LogP contribution in [0.25, 0.3) is 0 Å². The molecule has 1 fully saturated rings. The third-order valence-corrected chi connectivity index (χ3v) is 5.67. The molecule has 0 saturated carbocycles. The van der Waals surface area contributed by atoms with Gasteiger partial charge in [-0.15, -0.1) is 0 Å². The van der Waals surface area contributed by atoms with Gasteiger partial charge in [-0.25, -0.2) is 8.42 Å². The summed E-state index contributed by atoms with van der Waals surface area (Å²) in [5, 5.41) is 0. The molecular weight excluding hydrogens is 362 g/mol. The fourth-order valence-corrected chi connectivity index (χ4v) is 3.78. The Morgan fingerprint density at radius 2 is 1.62 bits per heavy atom. The summed E-state index contributed by atoms with van der Waals surface area (Å²) in [6.45, 7) is 1.30. The maximum absolute atomic E-state index is 12.5. The Morgan fingerprint density at radius 3 is 2.23 bits per heavy atom. The molecule has 1 aliphatic heterocycles. The Balaban J connectivity index is 1.63. The lowest BCUT2D eigenvalue weighted by Gasteiger charge is -2.26. The number of benzene rings is 1. The molecule has 0 atom stereocenters. The molecule has 9 nitrogen and oxygen atoms in total. The van der Waals surface area contributed by atoms with Crippen molar-refractivity contribution in [1.82, 2.24) is 15.2 Å². The highest BCUT2D eigenvalue weighted by Crippen LogP contribution is 2.17. The third-order valence-electron chi connectivity index (χ3n) is 3.76. The van der Waals surface area contributed by atoms with E-state index in [0.717, 1.165) is 0 Å². The van der Waals surface area contributed by atoms with Crippen molar-refractivity contribution in [3.05, 3.63) is 54.0 Å². The number of nitrogens with one attached hydrogen (secondary N) is 2. The zero-order valence-corrected chi connectivity index (χ0v) is 14.5. The van der Waals surface area contributed by atoms with Crippen LogP contribution in [0.15, 0.2) is 52.0 Å². The average Bonchev–Trinajstić information content (AvgIpc) is 3.21. The van der Waals surface area contributed by atoms with Gasteiger partial charge < -0.3 is 9.15 Å². The summed E-state index contributed by atoms with van der Waals surface area (Å²) in [5.74, 6) is -1.13. The summed E-state index contributed by atoms with van der Waals surface area (Å²) in [4.78, 5) is 23.8. The summed E-state index contributed by atoms with van der Waals surface area (Å²) in [5.41, 5.74) is 4.64. The van der Waals surface area contributed by atoms with E-state index in [0.29, 0.717) is 26.3 Å². The molecule has 0 unspecified atom stereocenters. The molecule has 1 saturated heterocycles. The van der Waals surface area contributed by atoms with Gasteiger partial charge in [0.05, 0.1) is 24.4 Å². The predicted molar refractivity (Wildman–Crippen MR) is 89.7 cm³/mol. The highest BCUT2D eigenvalue weighted by molar-refractivity contribution is 7.89. The van der Waals surface area contributed by atoms with E-state index >= 15 is 0 Å². The topological polar surface area (TPSA) is 118 Å². The van der Waals surface area contributed by atoms with Gasteiger partial charge in [0.2, 0.25) is 10.0 Å². The van der Waals surface area contributed by atoms with Crippen molar-refractivity contribution < 1.29 is 27.2 Å². The number of ether oxygens (including phenoxy) is 1. The summed E-state index contributed by atoms with van der Waals surface area (Å²) >= 11 is 0. The molecule has 2 N–H and O–H groups in total. The molecule has 0 spiro atoms. The molecule has 10 heteroatoms. The SMILES string of the molecule is O=C(NNC(=O)c1ccco1)c1ccc(S(=O)(=O)N2CCOCC2)cc1. The molecule has 138 valence electrons. The molecule has 2 heterocycles. The van der Waals surface area contributed by atoms with E-state index in [2.05, 4.69) is 10.9 Å². The summed E-state index contributed by atoms with van der Waals surface area (Å²) in [7, 11) is -3.62. The van der Waals surface area contributed by atoms with Crippen molar-refractivity contribution in [3.63, 3.8) is 0 Å². The number of amides is 2. The minimum Gasteiger partial charge on any atom is -0.459 e. The van der Waals surface area contributed by atoms with E-state index in [1.54, 1.807) is 6.07 Å². The van der Waals surface area contributed by atoms with Crippen molar-refractivity contribution in [2.24, 2.45) is 0 Å². The Kier molecular flexibility index (Phi) is 5.35. The fourth-order valence-electron chi connectivity index (χ4n) is 2.37. The van der Waals surface area contributed by atoms with Crippen LogP contribution in [0.1, 0.15) is 20.9 Å². The molecule has 2 amide bonds. The Labute approximate surface area is 149 Å². The van der Waals surface area contributed by atoms with Crippen LogP contribution in [0, 0.1) is 0 Å². The zero-order valence-electron chi connectivity index (χ0n) is 13.7. The van der Waals surface area contributed by atoms with E-state index in [-0.39, 0.29) is 16.2 Å². The van der Waals surface area contributed by atoms with Gasteiger partial charge in [-0.3, -0.25) is 20.4 Å². The first kappa shape index (κ1) is 18.1. The molecule has 0 radical (unpaired) electrons.